The second-order valence-electron chi connectivity index (χ2n) is 4.45. The predicted molar refractivity (Wildman–Crippen MR) is 71.2 cm³/mol. The molecule has 0 unspecified atom stereocenters. The van der Waals surface area contributed by atoms with E-state index in [2.05, 4.69) is 10.2 Å². The summed E-state index contributed by atoms with van der Waals surface area (Å²) in [5.74, 6) is 1.00. The maximum absolute atomic E-state index is 12.1. The van der Waals surface area contributed by atoms with Crippen molar-refractivity contribution in [2.24, 2.45) is 0 Å². The number of rotatable bonds is 4. The Morgan fingerprint density at radius 1 is 1.20 bits per heavy atom. The summed E-state index contributed by atoms with van der Waals surface area (Å²) < 4.78 is 10.6. The Balaban J connectivity index is 1.77. The molecule has 5 heteroatoms. The van der Waals surface area contributed by atoms with Crippen LogP contribution in [-0.2, 0) is 6.42 Å². The molecule has 2 aromatic heterocycles. The third kappa shape index (κ3) is 2.51. The highest BCUT2D eigenvalue weighted by molar-refractivity contribution is 5.97. The summed E-state index contributed by atoms with van der Waals surface area (Å²) in [4.78, 5) is 12.1. The van der Waals surface area contributed by atoms with Crippen molar-refractivity contribution < 1.29 is 13.6 Å². The first kappa shape index (κ1) is 12.3. The van der Waals surface area contributed by atoms with Crippen LogP contribution in [0.3, 0.4) is 0 Å². The molecule has 0 aliphatic carbocycles. The molecular weight excluding hydrogens is 256 g/mol. The Hall–Kier alpha value is -2.69. The summed E-state index contributed by atoms with van der Waals surface area (Å²) in [5.41, 5.74) is 1.68. The van der Waals surface area contributed by atoms with E-state index < -0.39 is 0 Å². The van der Waals surface area contributed by atoms with Crippen LogP contribution >= 0.6 is 0 Å². The number of hydrogen-bond donors (Lipinski definition) is 0. The van der Waals surface area contributed by atoms with Crippen LogP contribution in [0.4, 0.5) is 0 Å². The van der Waals surface area contributed by atoms with E-state index in [1.807, 2.05) is 25.1 Å². The van der Waals surface area contributed by atoms with E-state index in [1.165, 1.54) is 6.26 Å². The Morgan fingerprint density at radius 2 is 2.10 bits per heavy atom. The third-order valence-electron chi connectivity index (χ3n) is 2.85. The molecule has 3 aromatic rings. The lowest BCUT2D eigenvalue weighted by molar-refractivity contribution is 0.0985. The number of aromatic nitrogens is 2. The number of carbonyl (C=O) groups is 1. The van der Waals surface area contributed by atoms with Crippen molar-refractivity contribution in [1.82, 2.24) is 10.2 Å². The van der Waals surface area contributed by atoms with Crippen molar-refractivity contribution in [2.45, 2.75) is 13.3 Å². The molecule has 100 valence electrons. The van der Waals surface area contributed by atoms with Gasteiger partial charge < -0.3 is 8.83 Å². The monoisotopic (exact) mass is 268 g/mol. The highest BCUT2D eigenvalue weighted by Gasteiger charge is 2.15. The molecule has 0 radical (unpaired) electrons. The first-order valence-corrected chi connectivity index (χ1v) is 6.18. The van der Waals surface area contributed by atoms with Gasteiger partial charge in [0, 0.05) is 5.56 Å². The number of hydrogen-bond acceptors (Lipinski definition) is 5. The first-order chi connectivity index (χ1) is 9.72. The van der Waals surface area contributed by atoms with Crippen LogP contribution in [0.15, 0.2) is 51.5 Å². The molecule has 0 fully saturated rings. The van der Waals surface area contributed by atoms with Crippen molar-refractivity contribution in [3.05, 3.63) is 59.7 Å². The fourth-order valence-electron chi connectivity index (χ4n) is 1.88. The van der Waals surface area contributed by atoms with E-state index in [4.69, 9.17) is 8.83 Å². The zero-order valence-electron chi connectivity index (χ0n) is 10.9. The van der Waals surface area contributed by atoms with Crippen LogP contribution < -0.4 is 0 Å². The average Bonchev–Trinajstić information content (AvgIpc) is 3.08. The number of Topliss-reactive ketones (excluding diaryl/α,β-unsaturated/α-hetero) is 1. The average molecular weight is 268 g/mol. The number of benzene rings is 1. The van der Waals surface area contributed by atoms with Crippen LogP contribution in [0.2, 0.25) is 0 Å². The van der Waals surface area contributed by atoms with Gasteiger partial charge in [-0.25, -0.2) is 0 Å². The zero-order valence-corrected chi connectivity index (χ0v) is 10.9. The van der Waals surface area contributed by atoms with Gasteiger partial charge in [-0.2, -0.15) is 0 Å². The highest BCUT2D eigenvalue weighted by atomic mass is 16.4. The van der Waals surface area contributed by atoms with Gasteiger partial charge in [-0.15, -0.1) is 10.2 Å². The number of nitrogens with zero attached hydrogens (tertiary/aromatic N) is 2. The van der Waals surface area contributed by atoms with E-state index in [9.17, 15) is 4.79 Å². The minimum absolute atomic E-state index is 0.0525. The van der Waals surface area contributed by atoms with Crippen molar-refractivity contribution in [1.29, 1.82) is 0 Å². The molecule has 20 heavy (non-hydrogen) atoms. The van der Waals surface area contributed by atoms with Gasteiger partial charge in [-0.3, -0.25) is 4.79 Å². The van der Waals surface area contributed by atoms with Crippen molar-refractivity contribution in [2.75, 3.05) is 0 Å². The Bertz CT molecular complexity index is 729. The van der Waals surface area contributed by atoms with Gasteiger partial charge in [-0.1, -0.05) is 23.8 Å². The van der Waals surface area contributed by atoms with Gasteiger partial charge >= 0.3 is 0 Å². The molecule has 3 rings (SSSR count). The van der Waals surface area contributed by atoms with E-state index in [0.29, 0.717) is 11.3 Å². The number of ketones is 1. The second kappa shape index (κ2) is 5.13. The smallest absolute Gasteiger partial charge is 0.283 e. The molecule has 0 aliphatic heterocycles. The maximum atomic E-state index is 12.1. The van der Waals surface area contributed by atoms with Gasteiger partial charge in [0.15, 0.2) is 11.5 Å². The fraction of sp³-hybridized carbons (Fsp3) is 0.133. The van der Waals surface area contributed by atoms with Gasteiger partial charge in [0.05, 0.1) is 12.7 Å². The zero-order chi connectivity index (χ0) is 13.9. The minimum Gasteiger partial charge on any atom is -0.459 e. The molecule has 0 saturated carbocycles. The molecule has 0 amide bonds. The quantitative estimate of drug-likeness (QED) is 0.680. The molecule has 0 bridgehead atoms. The molecular formula is C15H12N2O3. The molecule has 0 saturated heterocycles. The Labute approximate surface area is 115 Å². The molecule has 0 atom stereocenters. The molecule has 0 aliphatic rings. The lowest BCUT2D eigenvalue weighted by atomic mass is 10.1. The largest absolute Gasteiger partial charge is 0.459 e. The summed E-state index contributed by atoms with van der Waals surface area (Å²) in [6.07, 6.45) is 1.61. The van der Waals surface area contributed by atoms with Gasteiger partial charge in [0.2, 0.25) is 5.89 Å². The summed E-state index contributed by atoms with van der Waals surface area (Å²) in [6, 6.07) is 10.9. The van der Waals surface area contributed by atoms with E-state index >= 15 is 0 Å². The van der Waals surface area contributed by atoms with Crippen LogP contribution in [0.1, 0.15) is 21.8 Å². The lowest BCUT2D eigenvalue weighted by Crippen LogP contribution is -2.04. The van der Waals surface area contributed by atoms with Gasteiger partial charge in [0.25, 0.3) is 5.89 Å². The third-order valence-corrected chi connectivity index (χ3v) is 2.85. The molecule has 1 aromatic carbocycles. The van der Waals surface area contributed by atoms with Crippen molar-refractivity contribution in [3.63, 3.8) is 0 Å². The molecule has 2 heterocycles. The number of carbonyl (C=O) groups excluding carboxylic acids is 1. The van der Waals surface area contributed by atoms with Crippen LogP contribution in [0.25, 0.3) is 11.7 Å². The highest BCUT2D eigenvalue weighted by Crippen LogP contribution is 2.18. The first-order valence-electron chi connectivity index (χ1n) is 6.18. The summed E-state index contributed by atoms with van der Waals surface area (Å²) >= 11 is 0. The maximum Gasteiger partial charge on any atom is 0.283 e. The van der Waals surface area contributed by atoms with Gasteiger partial charge in [0.1, 0.15) is 0 Å². The second-order valence-corrected chi connectivity index (χ2v) is 4.45. The van der Waals surface area contributed by atoms with E-state index in [1.54, 1.807) is 18.2 Å². The number of furan rings is 1. The molecule has 5 nitrogen and oxygen atoms in total. The topological polar surface area (TPSA) is 69.1 Å². The van der Waals surface area contributed by atoms with E-state index in [-0.39, 0.29) is 24.0 Å². The lowest BCUT2D eigenvalue weighted by Gasteiger charge is -1.99. The summed E-state index contributed by atoms with van der Waals surface area (Å²) in [7, 11) is 0. The predicted octanol–water partition coefficient (Wildman–Crippen LogP) is 3.06. The fourth-order valence-corrected chi connectivity index (χ4v) is 1.88. The standard InChI is InChI=1S/C15H12N2O3/c1-10-4-2-5-11(8-10)12(18)9-14-16-17-15(20-14)13-6-3-7-19-13/h2-8H,9H2,1H3. The van der Waals surface area contributed by atoms with Crippen LogP contribution in [0.5, 0.6) is 0 Å². The van der Waals surface area contributed by atoms with E-state index in [0.717, 1.165) is 5.56 Å². The molecule has 0 spiro atoms. The summed E-state index contributed by atoms with van der Waals surface area (Å²) in [5, 5.41) is 7.72. The van der Waals surface area contributed by atoms with Crippen LogP contribution in [0, 0.1) is 6.92 Å². The Kier molecular flexibility index (Phi) is 3.16. The SMILES string of the molecule is Cc1cccc(C(=O)Cc2nnc(-c3ccco3)o2)c1. The number of aryl methyl sites for hydroxylation is 1. The van der Waals surface area contributed by atoms with Crippen molar-refractivity contribution >= 4 is 5.78 Å². The normalized spacial score (nSPS) is 10.7. The van der Waals surface area contributed by atoms with Gasteiger partial charge in [-0.05, 0) is 25.1 Å². The minimum atomic E-state index is -0.0525. The van der Waals surface area contributed by atoms with Crippen molar-refractivity contribution in [3.8, 4) is 11.7 Å². The molecule has 0 N–H and O–H groups in total. The summed E-state index contributed by atoms with van der Waals surface area (Å²) in [6.45, 7) is 1.94. The van der Waals surface area contributed by atoms with Crippen LogP contribution in [-0.4, -0.2) is 16.0 Å². The Morgan fingerprint density at radius 3 is 2.85 bits per heavy atom.